The molecule has 2 aliphatic heterocycles. The SMILES string of the molecule is CCOC1COC2(CCN(Cc3ccc(C)c(C)c3)CC2)C1. The molecular weight excluding hydrogens is 274 g/mol. The first-order valence-corrected chi connectivity index (χ1v) is 8.64. The van der Waals surface area contributed by atoms with Crippen LogP contribution in [-0.2, 0) is 16.0 Å². The van der Waals surface area contributed by atoms with Crippen LogP contribution < -0.4 is 0 Å². The smallest absolute Gasteiger partial charge is 0.0836 e. The molecule has 22 heavy (non-hydrogen) atoms. The Morgan fingerprint density at radius 3 is 2.68 bits per heavy atom. The third kappa shape index (κ3) is 3.53. The zero-order valence-electron chi connectivity index (χ0n) is 14.2. The molecule has 0 amide bonds. The molecule has 1 atom stereocenters. The van der Waals surface area contributed by atoms with Crippen LogP contribution in [0.1, 0.15) is 42.9 Å². The summed E-state index contributed by atoms with van der Waals surface area (Å²) in [7, 11) is 0. The number of benzene rings is 1. The predicted octanol–water partition coefficient (Wildman–Crippen LogP) is 3.46. The predicted molar refractivity (Wildman–Crippen MR) is 89.1 cm³/mol. The van der Waals surface area contributed by atoms with Gasteiger partial charge in [-0.05, 0) is 50.3 Å². The first kappa shape index (κ1) is 16.0. The van der Waals surface area contributed by atoms with Gasteiger partial charge in [-0.2, -0.15) is 0 Å². The Bertz CT molecular complexity index is 506. The third-order valence-corrected chi connectivity index (χ3v) is 5.32. The van der Waals surface area contributed by atoms with E-state index in [1.165, 1.54) is 16.7 Å². The van der Waals surface area contributed by atoms with Gasteiger partial charge < -0.3 is 9.47 Å². The topological polar surface area (TPSA) is 21.7 Å². The number of nitrogens with zero attached hydrogens (tertiary/aromatic N) is 1. The van der Waals surface area contributed by atoms with Gasteiger partial charge in [-0.3, -0.25) is 4.90 Å². The second-order valence-electron chi connectivity index (χ2n) is 6.97. The normalized spacial score (nSPS) is 25.0. The highest BCUT2D eigenvalue weighted by molar-refractivity contribution is 5.29. The van der Waals surface area contributed by atoms with Crippen molar-refractivity contribution in [1.29, 1.82) is 0 Å². The molecule has 1 aromatic carbocycles. The van der Waals surface area contributed by atoms with E-state index < -0.39 is 0 Å². The molecule has 3 rings (SSSR count). The van der Waals surface area contributed by atoms with Gasteiger partial charge in [0, 0.05) is 32.7 Å². The molecule has 0 aromatic heterocycles. The van der Waals surface area contributed by atoms with E-state index in [-0.39, 0.29) is 5.60 Å². The average molecular weight is 303 g/mol. The fourth-order valence-corrected chi connectivity index (χ4v) is 3.77. The highest BCUT2D eigenvalue weighted by Crippen LogP contribution is 2.37. The van der Waals surface area contributed by atoms with E-state index in [2.05, 4.69) is 43.9 Å². The van der Waals surface area contributed by atoms with Crippen molar-refractivity contribution in [2.24, 2.45) is 0 Å². The van der Waals surface area contributed by atoms with Gasteiger partial charge in [0.15, 0.2) is 0 Å². The van der Waals surface area contributed by atoms with E-state index in [1.54, 1.807) is 0 Å². The van der Waals surface area contributed by atoms with Crippen LogP contribution >= 0.6 is 0 Å². The molecule has 0 N–H and O–H groups in total. The second-order valence-corrected chi connectivity index (χ2v) is 6.97. The van der Waals surface area contributed by atoms with Crippen molar-refractivity contribution in [2.45, 2.75) is 58.3 Å². The molecule has 2 aliphatic rings. The standard InChI is InChI=1S/C19H29NO2/c1-4-21-18-12-19(22-14-18)7-9-20(10-8-19)13-17-6-5-15(2)16(3)11-17/h5-6,11,18H,4,7-10,12-14H2,1-3H3. The summed E-state index contributed by atoms with van der Waals surface area (Å²) >= 11 is 0. The summed E-state index contributed by atoms with van der Waals surface area (Å²) in [6.45, 7) is 11.3. The Hall–Kier alpha value is -0.900. The maximum atomic E-state index is 6.13. The lowest BCUT2D eigenvalue weighted by molar-refractivity contribution is -0.0464. The van der Waals surface area contributed by atoms with E-state index in [0.717, 1.165) is 52.1 Å². The first-order valence-electron chi connectivity index (χ1n) is 8.64. The minimum Gasteiger partial charge on any atom is -0.376 e. The zero-order chi connectivity index (χ0) is 15.6. The third-order valence-electron chi connectivity index (χ3n) is 5.32. The fourth-order valence-electron chi connectivity index (χ4n) is 3.77. The number of ether oxygens (including phenoxy) is 2. The van der Waals surface area contributed by atoms with Gasteiger partial charge in [0.1, 0.15) is 0 Å². The Labute approximate surface area is 134 Å². The number of hydrogen-bond donors (Lipinski definition) is 0. The van der Waals surface area contributed by atoms with Gasteiger partial charge in [-0.15, -0.1) is 0 Å². The largest absolute Gasteiger partial charge is 0.376 e. The van der Waals surface area contributed by atoms with Crippen LogP contribution in [0.4, 0.5) is 0 Å². The highest BCUT2D eigenvalue weighted by Gasteiger charge is 2.42. The summed E-state index contributed by atoms with van der Waals surface area (Å²) in [6.07, 6.45) is 3.68. The van der Waals surface area contributed by atoms with Gasteiger partial charge in [-0.25, -0.2) is 0 Å². The van der Waals surface area contributed by atoms with Crippen LogP contribution in [0.3, 0.4) is 0 Å². The minimum absolute atomic E-state index is 0.0968. The number of hydrogen-bond acceptors (Lipinski definition) is 3. The van der Waals surface area contributed by atoms with Crippen molar-refractivity contribution in [2.75, 3.05) is 26.3 Å². The number of rotatable bonds is 4. The van der Waals surface area contributed by atoms with Gasteiger partial charge in [-0.1, -0.05) is 18.2 Å². The van der Waals surface area contributed by atoms with Crippen molar-refractivity contribution in [3.63, 3.8) is 0 Å². The first-order chi connectivity index (χ1) is 10.6. The molecule has 1 spiro atoms. The molecule has 1 unspecified atom stereocenters. The average Bonchev–Trinajstić information content (AvgIpc) is 2.89. The Balaban J connectivity index is 1.52. The van der Waals surface area contributed by atoms with Crippen molar-refractivity contribution >= 4 is 0 Å². The maximum absolute atomic E-state index is 6.13. The maximum Gasteiger partial charge on any atom is 0.0836 e. The van der Waals surface area contributed by atoms with Crippen LogP contribution in [0.5, 0.6) is 0 Å². The van der Waals surface area contributed by atoms with E-state index in [0.29, 0.717) is 6.10 Å². The van der Waals surface area contributed by atoms with Crippen molar-refractivity contribution in [3.8, 4) is 0 Å². The molecule has 3 heteroatoms. The number of aryl methyl sites for hydroxylation is 2. The van der Waals surface area contributed by atoms with E-state index in [9.17, 15) is 0 Å². The van der Waals surface area contributed by atoms with Gasteiger partial charge in [0.2, 0.25) is 0 Å². The quantitative estimate of drug-likeness (QED) is 0.850. The molecule has 2 heterocycles. The van der Waals surface area contributed by atoms with E-state index in [4.69, 9.17) is 9.47 Å². The summed E-state index contributed by atoms with van der Waals surface area (Å²) in [5.74, 6) is 0. The number of piperidine rings is 1. The molecule has 1 aromatic rings. The van der Waals surface area contributed by atoms with Gasteiger partial charge >= 0.3 is 0 Å². The molecule has 3 nitrogen and oxygen atoms in total. The van der Waals surface area contributed by atoms with Crippen LogP contribution in [-0.4, -0.2) is 42.9 Å². The molecule has 2 saturated heterocycles. The molecule has 0 bridgehead atoms. The van der Waals surface area contributed by atoms with Gasteiger partial charge in [0.25, 0.3) is 0 Å². The van der Waals surface area contributed by atoms with Crippen LogP contribution in [0, 0.1) is 13.8 Å². The fraction of sp³-hybridized carbons (Fsp3) is 0.684. The van der Waals surface area contributed by atoms with E-state index >= 15 is 0 Å². The van der Waals surface area contributed by atoms with Crippen molar-refractivity contribution < 1.29 is 9.47 Å². The number of likely N-dealkylation sites (tertiary alicyclic amines) is 1. The monoisotopic (exact) mass is 303 g/mol. The molecule has 122 valence electrons. The zero-order valence-corrected chi connectivity index (χ0v) is 14.2. The molecule has 2 fully saturated rings. The van der Waals surface area contributed by atoms with Crippen molar-refractivity contribution in [1.82, 2.24) is 4.90 Å². The molecule has 0 aliphatic carbocycles. The highest BCUT2D eigenvalue weighted by atomic mass is 16.6. The summed E-state index contributed by atoms with van der Waals surface area (Å²) in [5, 5.41) is 0. The Morgan fingerprint density at radius 2 is 2.00 bits per heavy atom. The Morgan fingerprint density at radius 1 is 1.23 bits per heavy atom. The summed E-state index contributed by atoms with van der Waals surface area (Å²) < 4.78 is 11.9. The molecule has 0 saturated carbocycles. The van der Waals surface area contributed by atoms with Crippen LogP contribution in [0.15, 0.2) is 18.2 Å². The lowest BCUT2D eigenvalue weighted by Gasteiger charge is -2.38. The van der Waals surface area contributed by atoms with Crippen molar-refractivity contribution in [3.05, 3.63) is 34.9 Å². The molecule has 0 radical (unpaired) electrons. The summed E-state index contributed by atoms with van der Waals surface area (Å²) in [6, 6.07) is 6.84. The minimum atomic E-state index is 0.0968. The van der Waals surface area contributed by atoms with Gasteiger partial charge in [0.05, 0.1) is 18.3 Å². The Kier molecular flexibility index (Phi) is 4.86. The lowest BCUT2D eigenvalue weighted by Crippen LogP contribution is -2.43. The van der Waals surface area contributed by atoms with E-state index in [1.807, 2.05) is 0 Å². The summed E-state index contributed by atoms with van der Waals surface area (Å²) in [5.41, 5.74) is 4.30. The molecular formula is C19H29NO2. The van der Waals surface area contributed by atoms with Crippen LogP contribution in [0.25, 0.3) is 0 Å². The second kappa shape index (κ2) is 6.69. The lowest BCUT2D eigenvalue weighted by atomic mass is 9.87. The van der Waals surface area contributed by atoms with Crippen LogP contribution in [0.2, 0.25) is 0 Å². The summed E-state index contributed by atoms with van der Waals surface area (Å²) in [4.78, 5) is 2.56.